The first-order valence-electron chi connectivity index (χ1n) is 2.83. The van der Waals surface area contributed by atoms with Gasteiger partial charge in [0, 0.05) is 7.11 Å². The summed E-state index contributed by atoms with van der Waals surface area (Å²) in [7, 11) is 1.35. The van der Waals surface area contributed by atoms with Crippen molar-refractivity contribution < 1.29 is 19.4 Å². The molecule has 0 unspecified atom stereocenters. The summed E-state index contributed by atoms with van der Waals surface area (Å²) in [4.78, 5) is 10.8. The Labute approximate surface area is 58.1 Å². The molecule has 0 amide bonds. The van der Waals surface area contributed by atoms with Crippen molar-refractivity contribution in [1.29, 1.82) is 0 Å². The Morgan fingerprint density at radius 1 is 1.90 bits per heavy atom. The van der Waals surface area contributed by atoms with E-state index in [9.17, 15) is 4.79 Å². The molecule has 1 aliphatic heterocycles. The van der Waals surface area contributed by atoms with Gasteiger partial charge in [-0.25, -0.2) is 0 Å². The minimum Gasteiger partial charge on any atom is -0.504 e. The topological polar surface area (TPSA) is 55.8 Å². The molecule has 0 saturated carbocycles. The summed E-state index contributed by atoms with van der Waals surface area (Å²) < 4.78 is 9.40. The third-order valence-corrected chi connectivity index (χ3v) is 1.20. The van der Waals surface area contributed by atoms with Crippen LogP contribution in [0.15, 0.2) is 11.8 Å². The molecule has 10 heavy (non-hydrogen) atoms. The summed E-state index contributed by atoms with van der Waals surface area (Å²) in [6.07, 6.45) is 0.377. The summed E-state index contributed by atoms with van der Waals surface area (Å²) in [5, 5.41) is 8.83. The van der Waals surface area contributed by atoms with Crippen molar-refractivity contribution in [2.45, 2.75) is 6.29 Å². The van der Waals surface area contributed by atoms with E-state index in [4.69, 9.17) is 9.84 Å². The number of Topliss-reactive ketones (excluding diaryl/α,β-unsaturated/α-hetero) is 1. The van der Waals surface area contributed by atoms with Crippen molar-refractivity contribution >= 4 is 5.78 Å². The smallest absolute Gasteiger partial charge is 0.252 e. The van der Waals surface area contributed by atoms with E-state index in [1.807, 2.05) is 0 Å². The largest absolute Gasteiger partial charge is 0.504 e. The Morgan fingerprint density at radius 2 is 2.60 bits per heavy atom. The van der Waals surface area contributed by atoms with Crippen molar-refractivity contribution in [2.24, 2.45) is 0 Å². The van der Waals surface area contributed by atoms with Crippen LogP contribution in [-0.4, -0.2) is 30.9 Å². The van der Waals surface area contributed by atoms with Crippen molar-refractivity contribution in [2.75, 3.05) is 13.7 Å². The highest BCUT2D eigenvalue weighted by Crippen LogP contribution is 2.07. The average Bonchev–Trinajstić information content (AvgIpc) is 1.95. The SMILES string of the molecule is CO[C@H]1OCC=C(O)C1=O. The maximum atomic E-state index is 10.8. The molecule has 0 spiro atoms. The van der Waals surface area contributed by atoms with Gasteiger partial charge in [-0.2, -0.15) is 0 Å². The molecule has 0 aliphatic carbocycles. The number of methoxy groups -OCH3 is 1. The molecular formula is C6H8O4. The van der Waals surface area contributed by atoms with Crippen molar-refractivity contribution in [1.82, 2.24) is 0 Å². The predicted octanol–water partition coefficient (Wildman–Crippen LogP) is 0.0001000. The van der Waals surface area contributed by atoms with Crippen molar-refractivity contribution in [3.63, 3.8) is 0 Å². The highest BCUT2D eigenvalue weighted by atomic mass is 16.7. The van der Waals surface area contributed by atoms with Gasteiger partial charge >= 0.3 is 0 Å². The highest BCUT2D eigenvalue weighted by molar-refractivity contribution is 5.96. The first-order chi connectivity index (χ1) is 4.75. The second-order valence-corrected chi connectivity index (χ2v) is 1.85. The van der Waals surface area contributed by atoms with E-state index in [1.165, 1.54) is 13.2 Å². The predicted molar refractivity (Wildman–Crippen MR) is 32.5 cm³/mol. The lowest BCUT2D eigenvalue weighted by Crippen LogP contribution is -2.31. The van der Waals surface area contributed by atoms with Gasteiger partial charge in [0.1, 0.15) is 0 Å². The number of carbonyl (C=O) groups is 1. The van der Waals surface area contributed by atoms with Crippen molar-refractivity contribution in [3.05, 3.63) is 11.8 Å². The van der Waals surface area contributed by atoms with Crippen LogP contribution >= 0.6 is 0 Å². The van der Waals surface area contributed by atoms with E-state index >= 15 is 0 Å². The monoisotopic (exact) mass is 144 g/mol. The standard InChI is InChI=1S/C6H8O4/c1-9-6-5(8)4(7)2-3-10-6/h2,6-7H,3H2,1H3/t6-/m0/s1. The summed E-state index contributed by atoms with van der Waals surface area (Å²) in [5.74, 6) is -0.799. The second kappa shape index (κ2) is 2.81. The molecule has 4 heteroatoms. The number of aliphatic hydroxyl groups excluding tert-OH is 1. The summed E-state index contributed by atoms with van der Waals surface area (Å²) in [5.41, 5.74) is 0. The Balaban J connectivity index is 2.68. The van der Waals surface area contributed by atoms with Crippen LogP contribution in [0.3, 0.4) is 0 Å². The lowest BCUT2D eigenvalue weighted by molar-refractivity contribution is -0.162. The third-order valence-electron chi connectivity index (χ3n) is 1.20. The highest BCUT2D eigenvalue weighted by Gasteiger charge is 2.25. The normalized spacial score (nSPS) is 26.3. The van der Waals surface area contributed by atoms with Gasteiger partial charge < -0.3 is 14.6 Å². The number of hydrogen-bond acceptors (Lipinski definition) is 4. The first kappa shape index (κ1) is 7.24. The molecule has 0 aromatic carbocycles. The third kappa shape index (κ3) is 1.17. The van der Waals surface area contributed by atoms with Crippen LogP contribution in [0.25, 0.3) is 0 Å². The molecule has 1 aliphatic rings. The molecule has 0 radical (unpaired) electrons. The molecule has 0 bridgehead atoms. The van der Waals surface area contributed by atoms with Gasteiger partial charge in [0.2, 0.25) is 6.29 Å². The Kier molecular flexibility index (Phi) is 2.03. The molecule has 1 atom stereocenters. The van der Waals surface area contributed by atoms with Gasteiger partial charge in [-0.15, -0.1) is 0 Å². The lowest BCUT2D eigenvalue weighted by Gasteiger charge is -2.16. The van der Waals surface area contributed by atoms with E-state index in [1.54, 1.807) is 0 Å². The van der Waals surface area contributed by atoms with Gasteiger partial charge in [-0.3, -0.25) is 4.79 Å². The van der Waals surface area contributed by atoms with Crippen LogP contribution in [0.5, 0.6) is 0 Å². The van der Waals surface area contributed by atoms with Gasteiger partial charge in [-0.1, -0.05) is 0 Å². The second-order valence-electron chi connectivity index (χ2n) is 1.85. The van der Waals surface area contributed by atoms with E-state index in [0.29, 0.717) is 0 Å². The van der Waals surface area contributed by atoms with Crippen LogP contribution < -0.4 is 0 Å². The molecular weight excluding hydrogens is 136 g/mol. The number of ketones is 1. The molecule has 4 nitrogen and oxygen atoms in total. The fraction of sp³-hybridized carbons (Fsp3) is 0.500. The van der Waals surface area contributed by atoms with E-state index in [0.717, 1.165) is 0 Å². The Hall–Kier alpha value is -0.870. The maximum Gasteiger partial charge on any atom is 0.252 e. The fourth-order valence-corrected chi connectivity index (χ4v) is 0.687. The molecule has 0 saturated heterocycles. The van der Waals surface area contributed by atoms with Crippen LogP contribution in [0.1, 0.15) is 0 Å². The number of rotatable bonds is 1. The minimum absolute atomic E-state index is 0.218. The summed E-state index contributed by atoms with van der Waals surface area (Å²) in [6, 6.07) is 0. The average molecular weight is 144 g/mol. The molecule has 0 aromatic heterocycles. The molecule has 1 rings (SSSR count). The lowest BCUT2D eigenvalue weighted by atomic mass is 10.2. The van der Waals surface area contributed by atoms with E-state index < -0.39 is 12.1 Å². The Morgan fingerprint density at radius 3 is 3.10 bits per heavy atom. The zero-order valence-corrected chi connectivity index (χ0v) is 5.53. The van der Waals surface area contributed by atoms with E-state index in [2.05, 4.69) is 4.74 Å². The molecule has 1 N–H and O–H groups in total. The first-order valence-corrected chi connectivity index (χ1v) is 2.83. The summed E-state index contributed by atoms with van der Waals surface area (Å²) in [6.45, 7) is 0.218. The van der Waals surface area contributed by atoms with Crippen LogP contribution in [0.2, 0.25) is 0 Å². The van der Waals surface area contributed by atoms with Crippen molar-refractivity contribution in [3.8, 4) is 0 Å². The van der Waals surface area contributed by atoms with Gasteiger partial charge in [0.25, 0.3) is 5.78 Å². The molecule has 0 fully saturated rings. The zero-order chi connectivity index (χ0) is 7.56. The Bertz CT molecular complexity index is 173. The number of hydrogen-bond donors (Lipinski definition) is 1. The van der Waals surface area contributed by atoms with Crippen LogP contribution in [-0.2, 0) is 14.3 Å². The zero-order valence-electron chi connectivity index (χ0n) is 5.53. The molecule has 56 valence electrons. The van der Waals surface area contributed by atoms with Crippen LogP contribution in [0, 0.1) is 0 Å². The minimum atomic E-state index is -0.926. The van der Waals surface area contributed by atoms with Crippen LogP contribution in [0.4, 0.5) is 0 Å². The van der Waals surface area contributed by atoms with E-state index in [-0.39, 0.29) is 12.4 Å². The summed E-state index contributed by atoms with van der Waals surface area (Å²) >= 11 is 0. The molecule has 0 aromatic rings. The molecule has 1 heterocycles. The number of ether oxygens (including phenoxy) is 2. The quantitative estimate of drug-likeness (QED) is 0.562. The van der Waals surface area contributed by atoms with Gasteiger partial charge in [0.15, 0.2) is 5.76 Å². The number of carbonyl (C=O) groups excluding carboxylic acids is 1. The van der Waals surface area contributed by atoms with Gasteiger partial charge in [0.05, 0.1) is 6.61 Å². The number of aliphatic hydroxyl groups is 1. The maximum absolute atomic E-state index is 10.8. The van der Waals surface area contributed by atoms with Gasteiger partial charge in [-0.05, 0) is 6.08 Å². The fourth-order valence-electron chi connectivity index (χ4n) is 0.687.